The standard InChI is InChI=1S/C26H28FN3O/c1-18(31)29-17-26(2,3)25(19-7-5-4-6-8-19)20-9-14-24(21(15-20)16-28)30-23-12-10-22(27)11-13-23/h4-16,25,28,30H,17H2,1-3H3,(H,29,31)/t25-/m1/s1. The second-order valence-electron chi connectivity index (χ2n) is 8.36. The molecule has 0 aromatic heterocycles. The summed E-state index contributed by atoms with van der Waals surface area (Å²) in [5.41, 5.74) is 4.20. The lowest BCUT2D eigenvalue weighted by atomic mass is 9.71. The van der Waals surface area contributed by atoms with Crippen molar-refractivity contribution in [3.8, 4) is 0 Å². The van der Waals surface area contributed by atoms with Crippen molar-refractivity contribution in [1.82, 2.24) is 5.32 Å². The minimum Gasteiger partial charge on any atom is -0.356 e. The molecule has 0 aliphatic rings. The third-order valence-electron chi connectivity index (χ3n) is 5.40. The Morgan fingerprint density at radius 1 is 1.03 bits per heavy atom. The van der Waals surface area contributed by atoms with Crippen LogP contribution in [0.15, 0.2) is 72.8 Å². The van der Waals surface area contributed by atoms with Gasteiger partial charge in [-0.1, -0.05) is 50.2 Å². The highest BCUT2D eigenvalue weighted by molar-refractivity contribution is 5.88. The number of carbonyl (C=O) groups excluding carboxylic acids is 1. The van der Waals surface area contributed by atoms with Gasteiger partial charge in [0, 0.05) is 42.5 Å². The summed E-state index contributed by atoms with van der Waals surface area (Å²) < 4.78 is 13.2. The minimum atomic E-state index is -0.291. The van der Waals surface area contributed by atoms with Crippen LogP contribution < -0.4 is 10.6 Å². The minimum absolute atomic E-state index is 0.0131. The second-order valence-corrected chi connectivity index (χ2v) is 8.36. The van der Waals surface area contributed by atoms with Crippen molar-refractivity contribution in [2.24, 2.45) is 5.41 Å². The molecule has 1 atom stereocenters. The molecule has 0 heterocycles. The van der Waals surface area contributed by atoms with Crippen LogP contribution in [0.25, 0.3) is 0 Å². The van der Waals surface area contributed by atoms with E-state index in [0.717, 1.165) is 28.1 Å². The first-order valence-electron chi connectivity index (χ1n) is 10.3. The molecule has 1 amide bonds. The van der Waals surface area contributed by atoms with E-state index >= 15 is 0 Å². The first-order valence-corrected chi connectivity index (χ1v) is 10.3. The topological polar surface area (TPSA) is 65.0 Å². The third kappa shape index (κ3) is 5.57. The molecule has 3 aromatic rings. The highest BCUT2D eigenvalue weighted by atomic mass is 19.1. The van der Waals surface area contributed by atoms with Gasteiger partial charge in [0.1, 0.15) is 5.82 Å². The predicted molar refractivity (Wildman–Crippen MR) is 125 cm³/mol. The maximum absolute atomic E-state index is 13.2. The fourth-order valence-electron chi connectivity index (χ4n) is 3.88. The Morgan fingerprint density at radius 3 is 2.32 bits per heavy atom. The summed E-state index contributed by atoms with van der Waals surface area (Å²) >= 11 is 0. The molecule has 0 unspecified atom stereocenters. The van der Waals surface area contributed by atoms with E-state index in [1.807, 2.05) is 36.4 Å². The van der Waals surface area contributed by atoms with Gasteiger partial charge in [-0.05, 0) is 52.9 Å². The Balaban J connectivity index is 1.99. The molecule has 4 nitrogen and oxygen atoms in total. The van der Waals surface area contributed by atoms with E-state index in [0.29, 0.717) is 6.54 Å². The second kappa shape index (κ2) is 9.56. The lowest BCUT2D eigenvalue weighted by molar-refractivity contribution is -0.119. The molecule has 0 saturated carbocycles. The van der Waals surface area contributed by atoms with Crippen molar-refractivity contribution in [3.05, 3.63) is 95.3 Å². The van der Waals surface area contributed by atoms with Gasteiger partial charge in [0.25, 0.3) is 0 Å². The molecule has 0 radical (unpaired) electrons. The summed E-state index contributed by atoms with van der Waals surface area (Å²) in [6, 6.07) is 22.3. The van der Waals surface area contributed by atoms with Crippen molar-refractivity contribution in [3.63, 3.8) is 0 Å². The summed E-state index contributed by atoms with van der Waals surface area (Å²) in [4.78, 5) is 11.6. The Labute approximate surface area is 183 Å². The van der Waals surface area contributed by atoms with E-state index < -0.39 is 0 Å². The number of amides is 1. The molecule has 3 rings (SSSR count). The summed E-state index contributed by atoms with van der Waals surface area (Å²) in [5.74, 6) is -0.335. The van der Waals surface area contributed by atoms with Crippen molar-refractivity contribution in [2.45, 2.75) is 26.7 Å². The number of anilines is 2. The maximum Gasteiger partial charge on any atom is 0.216 e. The number of rotatable bonds is 8. The Hall–Kier alpha value is -3.47. The number of nitrogens with one attached hydrogen (secondary N) is 3. The monoisotopic (exact) mass is 417 g/mol. The Kier molecular flexibility index (Phi) is 6.85. The number of benzene rings is 3. The normalized spacial score (nSPS) is 12.1. The Bertz CT molecular complexity index is 1050. The van der Waals surface area contributed by atoms with E-state index in [1.165, 1.54) is 25.3 Å². The lowest BCUT2D eigenvalue weighted by Crippen LogP contribution is -2.37. The van der Waals surface area contributed by atoms with Gasteiger partial charge in [-0.3, -0.25) is 4.79 Å². The van der Waals surface area contributed by atoms with Crippen LogP contribution >= 0.6 is 0 Å². The van der Waals surface area contributed by atoms with Crippen LogP contribution in [0.2, 0.25) is 0 Å². The van der Waals surface area contributed by atoms with E-state index in [-0.39, 0.29) is 23.1 Å². The van der Waals surface area contributed by atoms with E-state index in [4.69, 9.17) is 5.41 Å². The lowest BCUT2D eigenvalue weighted by Gasteiger charge is -2.36. The first-order chi connectivity index (χ1) is 14.8. The van der Waals surface area contributed by atoms with Gasteiger partial charge in [-0.2, -0.15) is 0 Å². The number of hydrogen-bond acceptors (Lipinski definition) is 3. The third-order valence-corrected chi connectivity index (χ3v) is 5.40. The molecule has 0 aliphatic carbocycles. The van der Waals surface area contributed by atoms with Crippen LogP contribution in [-0.4, -0.2) is 18.7 Å². The summed E-state index contributed by atoms with van der Waals surface area (Å²) in [6.45, 7) is 6.32. The molecule has 3 N–H and O–H groups in total. The van der Waals surface area contributed by atoms with Crippen molar-refractivity contribution in [1.29, 1.82) is 5.41 Å². The van der Waals surface area contributed by atoms with Crippen molar-refractivity contribution >= 4 is 23.5 Å². The maximum atomic E-state index is 13.2. The molecule has 0 bridgehead atoms. The van der Waals surface area contributed by atoms with Crippen LogP contribution in [-0.2, 0) is 4.79 Å². The molecule has 0 fully saturated rings. The molecular formula is C26H28FN3O. The van der Waals surface area contributed by atoms with Crippen molar-refractivity contribution < 1.29 is 9.18 Å². The molecule has 3 aromatic carbocycles. The fourth-order valence-corrected chi connectivity index (χ4v) is 3.88. The van der Waals surface area contributed by atoms with E-state index in [1.54, 1.807) is 12.1 Å². The first kappa shape index (κ1) is 22.2. The smallest absolute Gasteiger partial charge is 0.216 e. The van der Waals surface area contributed by atoms with Gasteiger partial charge in [0.15, 0.2) is 0 Å². The van der Waals surface area contributed by atoms with Gasteiger partial charge in [0.05, 0.1) is 0 Å². The van der Waals surface area contributed by atoms with E-state index in [9.17, 15) is 9.18 Å². The molecule has 31 heavy (non-hydrogen) atoms. The summed E-state index contributed by atoms with van der Waals surface area (Å²) in [7, 11) is 0. The van der Waals surface area contributed by atoms with E-state index in [2.05, 4.69) is 36.6 Å². The van der Waals surface area contributed by atoms with Gasteiger partial charge < -0.3 is 16.0 Å². The van der Waals surface area contributed by atoms with Crippen molar-refractivity contribution in [2.75, 3.05) is 11.9 Å². The van der Waals surface area contributed by atoms with Crippen LogP contribution in [0.1, 0.15) is 43.4 Å². The van der Waals surface area contributed by atoms with Crippen LogP contribution in [0.5, 0.6) is 0 Å². The number of hydrogen-bond donors (Lipinski definition) is 3. The number of carbonyl (C=O) groups is 1. The molecule has 0 aliphatic heterocycles. The SMILES string of the molecule is CC(=O)NCC(C)(C)[C@H](c1ccccc1)c1ccc(Nc2ccc(F)cc2)c(C=N)c1. The molecule has 5 heteroatoms. The van der Waals surface area contributed by atoms with Gasteiger partial charge in [-0.15, -0.1) is 0 Å². The molecule has 0 saturated heterocycles. The fraction of sp³-hybridized carbons (Fsp3) is 0.231. The predicted octanol–water partition coefficient (Wildman–Crippen LogP) is 5.86. The number of halogens is 1. The largest absolute Gasteiger partial charge is 0.356 e. The molecule has 0 spiro atoms. The zero-order valence-corrected chi connectivity index (χ0v) is 18.1. The van der Waals surface area contributed by atoms with Crippen LogP contribution in [0, 0.1) is 16.6 Å². The average Bonchev–Trinajstić information content (AvgIpc) is 2.75. The quantitative estimate of drug-likeness (QED) is 0.402. The summed E-state index contributed by atoms with van der Waals surface area (Å²) in [5, 5.41) is 14.2. The Morgan fingerprint density at radius 2 is 1.71 bits per heavy atom. The zero-order chi connectivity index (χ0) is 22.4. The van der Waals surface area contributed by atoms with Crippen LogP contribution in [0.3, 0.4) is 0 Å². The molecule has 160 valence electrons. The average molecular weight is 418 g/mol. The van der Waals surface area contributed by atoms with Gasteiger partial charge >= 0.3 is 0 Å². The van der Waals surface area contributed by atoms with Gasteiger partial charge in [0.2, 0.25) is 5.91 Å². The highest BCUT2D eigenvalue weighted by Crippen LogP contribution is 2.41. The van der Waals surface area contributed by atoms with Gasteiger partial charge in [-0.25, -0.2) is 4.39 Å². The molecular weight excluding hydrogens is 389 g/mol. The highest BCUT2D eigenvalue weighted by Gasteiger charge is 2.32. The van der Waals surface area contributed by atoms with Crippen LogP contribution in [0.4, 0.5) is 15.8 Å². The zero-order valence-electron chi connectivity index (χ0n) is 18.1. The summed E-state index contributed by atoms with van der Waals surface area (Å²) in [6.07, 6.45) is 1.32.